The lowest BCUT2D eigenvalue weighted by molar-refractivity contribution is 0.267. The molecule has 3 aromatic rings. The van der Waals surface area contributed by atoms with E-state index in [0.29, 0.717) is 23.5 Å². The predicted octanol–water partition coefficient (Wildman–Crippen LogP) is 4.58. The third-order valence-electron chi connectivity index (χ3n) is 4.10. The molecule has 0 unspecified atom stereocenters. The van der Waals surface area contributed by atoms with Crippen molar-refractivity contribution in [2.45, 2.75) is 27.0 Å². The number of rotatable bonds is 4. The fraction of sp³-hybridized carbons (Fsp3) is 0.250. The maximum atomic E-state index is 13.0. The van der Waals surface area contributed by atoms with Gasteiger partial charge in [0, 0.05) is 22.0 Å². The van der Waals surface area contributed by atoms with Crippen molar-refractivity contribution < 1.29 is 5.11 Å². The highest BCUT2D eigenvalue weighted by molar-refractivity contribution is 9.10. The van der Waals surface area contributed by atoms with Gasteiger partial charge in [-0.05, 0) is 35.1 Å². The van der Waals surface area contributed by atoms with Crippen LogP contribution in [0.4, 0.5) is 0 Å². The number of halogens is 1. The number of aliphatic hydroxyl groups is 1. The van der Waals surface area contributed by atoms with Crippen molar-refractivity contribution in [3.63, 3.8) is 0 Å². The van der Waals surface area contributed by atoms with Crippen molar-refractivity contribution in [1.82, 2.24) is 4.57 Å². The molecule has 0 saturated heterocycles. The van der Waals surface area contributed by atoms with Crippen LogP contribution in [0, 0.1) is 5.92 Å². The third-order valence-corrected chi connectivity index (χ3v) is 4.59. The molecule has 2 aromatic carbocycles. The van der Waals surface area contributed by atoms with Crippen LogP contribution in [0.1, 0.15) is 19.5 Å². The van der Waals surface area contributed by atoms with Crippen LogP contribution in [0.15, 0.2) is 57.8 Å². The Bertz CT molecular complexity index is 930. The summed E-state index contributed by atoms with van der Waals surface area (Å²) < 4.78 is 2.64. The summed E-state index contributed by atoms with van der Waals surface area (Å²) in [5.74, 6) is 0.310. The van der Waals surface area contributed by atoms with Crippen molar-refractivity contribution in [3.05, 3.63) is 69.1 Å². The zero-order valence-electron chi connectivity index (χ0n) is 13.8. The summed E-state index contributed by atoms with van der Waals surface area (Å²) in [6.07, 6.45) is 0. The third kappa shape index (κ3) is 3.04. The van der Waals surface area contributed by atoms with Crippen LogP contribution >= 0.6 is 15.9 Å². The fourth-order valence-electron chi connectivity index (χ4n) is 3.12. The molecule has 0 radical (unpaired) electrons. The highest BCUT2D eigenvalue weighted by atomic mass is 79.9. The van der Waals surface area contributed by atoms with Gasteiger partial charge in [-0.1, -0.05) is 60.1 Å². The van der Waals surface area contributed by atoms with Crippen LogP contribution < -0.4 is 5.56 Å². The largest absolute Gasteiger partial charge is 0.390 e. The molecule has 0 aliphatic carbocycles. The van der Waals surface area contributed by atoms with Crippen LogP contribution in [0.3, 0.4) is 0 Å². The molecule has 4 heteroatoms. The average Bonchev–Trinajstić information content (AvgIpc) is 2.57. The lowest BCUT2D eigenvalue weighted by Gasteiger charge is -2.20. The second kappa shape index (κ2) is 6.91. The number of benzene rings is 2. The van der Waals surface area contributed by atoms with E-state index in [1.54, 1.807) is 4.57 Å². The molecule has 1 heterocycles. The summed E-state index contributed by atoms with van der Waals surface area (Å²) >= 11 is 3.50. The Morgan fingerprint density at radius 3 is 2.42 bits per heavy atom. The Hall–Kier alpha value is -1.91. The minimum absolute atomic E-state index is 0.0464. The van der Waals surface area contributed by atoms with E-state index in [0.717, 1.165) is 21.0 Å². The molecular formula is C20H20BrNO2. The van der Waals surface area contributed by atoms with Gasteiger partial charge in [-0.25, -0.2) is 0 Å². The van der Waals surface area contributed by atoms with E-state index in [2.05, 4.69) is 29.8 Å². The second-order valence-corrected chi connectivity index (χ2v) is 7.26. The van der Waals surface area contributed by atoms with Crippen LogP contribution in [0.5, 0.6) is 0 Å². The molecule has 0 fully saturated rings. The average molecular weight is 386 g/mol. The zero-order chi connectivity index (χ0) is 17.3. The molecule has 124 valence electrons. The number of hydrogen-bond donors (Lipinski definition) is 1. The van der Waals surface area contributed by atoms with E-state index < -0.39 is 0 Å². The standard InChI is InChI=1S/C20H20BrNO2/c1-13(2)11-22-18(12-23)19(14-6-4-3-5-7-14)17-10-15(21)8-9-16(17)20(22)24/h3-10,13,23H,11-12H2,1-2H3. The van der Waals surface area contributed by atoms with Crippen LogP contribution in [0.2, 0.25) is 0 Å². The molecule has 0 spiro atoms. The van der Waals surface area contributed by atoms with Gasteiger partial charge < -0.3 is 9.67 Å². The molecule has 0 saturated carbocycles. The summed E-state index contributed by atoms with van der Waals surface area (Å²) in [6, 6.07) is 15.6. The highest BCUT2D eigenvalue weighted by Crippen LogP contribution is 2.32. The Labute approximate surface area is 149 Å². The van der Waals surface area contributed by atoms with Gasteiger partial charge in [0.25, 0.3) is 5.56 Å². The van der Waals surface area contributed by atoms with E-state index in [1.165, 1.54) is 0 Å². The van der Waals surface area contributed by atoms with Crippen LogP contribution in [0.25, 0.3) is 21.9 Å². The van der Waals surface area contributed by atoms with Crippen LogP contribution in [-0.2, 0) is 13.2 Å². The van der Waals surface area contributed by atoms with Gasteiger partial charge in [-0.2, -0.15) is 0 Å². The number of hydrogen-bond acceptors (Lipinski definition) is 2. The first-order valence-corrected chi connectivity index (χ1v) is 8.83. The van der Waals surface area contributed by atoms with Crippen LogP contribution in [-0.4, -0.2) is 9.67 Å². The molecule has 3 nitrogen and oxygen atoms in total. The summed E-state index contributed by atoms with van der Waals surface area (Å²) in [6.45, 7) is 4.55. The first kappa shape index (κ1) is 16.9. The van der Waals surface area contributed by atoms with Gasteiger partial charge in [-0.3, -0.25) is 4.79 Å². The van der Waals surface area contributed by atoms with Crippen molar-refractivity contribution in [2.75, 3.05) is 0 Å². The SMILES string of the molecule is CC(C)Cn1c(CO)c(-c2ccccc2)c2cc(Br)ccc2c1=O. The van der Waals surface area contributed by atoms with Gasteiger partial charge in [0.1, 0.15) is 0 Å². The molecule has 0 aliphatic heterocycles. The number of fused-ring (bicyclic) bond motifs is 1. The summed E-state index contributed by atoms with van der Waals surface area (Å²) in [4.78, 5) is 13.0. The fourth-order valence-corrected chi connectivity index (χ4v) is 3.48. The number of nitrogens with zero attached hydrogens (tertiary/aromatic N) is 1. The monoisotopic (exact) mass is 385 g/mol. The Morgan fingerprint density at radius 2 is 1.79 bits per heavy atom. The molecule has 0 atom stereocenters. The normalized spacial score (nSPS) is 11.4. The van der Waals surface area contributed by atoms with Crippen molar-refractivity contribution in [1.29, 1.82) is 0 Å². The van der Waals surface area contributed by atoms with Gasteiger partial charge in [0.05, 0.1) is 12.3 Å². The predicted molar refractivity (Wildman–Crippen MR) is 102 cm³/mol. The minimum atomic E-state index is -0.172. The Balaban J connectivity index is 2.48. The van der Waals surface area contributed by atoms with E-state index in [4.69, 9.17) is 0 Å². The smallest absolute Gasteiger partial charge is 0.258 e. The maximum Gasteiger partial charge on any atom is 0.258 e. The summed E-state index contributed by atoms with van der Waals surface area (Å²) in [5, 5.41) is 11.6. The van der Waals surface area contributed by atoms with Crippen molar-refractivity contribution in [2.24, 2.45) is 5.92 Å². The van der Waals surface area contributed by atoms with E-state index in [9.17, 15) is 9.90 Å². The first-order chi connectivity index (χ1) is 11.5. The second-order valence-electron chi connectivity index (χ2n) is 6.35. The summed E-state index contributed by atoms with van der Waals surface area (Å²) in [7, 11) is 0. The summed E-state index contributed by atoms with van der Waals surface area (Å²) in [5.41, 5.74) is 2.55. The van der Waals surface area contributed by atoms with E-state index in [-0.39, 0.29) is 12.2 Å². The molecule has 1 N–H and O–H groups in total. The lowest BCUT2D eigenvalue weighted by Crippen LogP contribution is -2.27. The topological polar surface area (TPSA) is 42.2 Å². The minimum Gasteiger partial charge on any atom is -0.390 e. The van der Waals surface area contributed by atoms with Crippen molar-refractivity contribution >= 4 is 26.7 Å². The molecular weight excluding hydrogens is 366 g/mol. The highest BCUT2D eigenvalue weighted by Gasteiger charge is 2.18. The lowest BCUT2D eigenvalue weighted by atomic mass is 9.96. The number of aliphatic hydroxyl groups excluding tert-OH is 1. The Kier molecular flexibility index (Phi) is 4.88. The Morgan fingerprint density at radius 1 is 1.08 bits per heavy atom. The quantitative estimate of drug-likeness (QED) is 0.713. The zero-order valence-corrected chi connectivity index (χ0v) is 15.4. The molecule has 1 aromatic heterocycles. The van der Waals surface area contributed by atoms with E-state index in [1.807, 2.05) is 48.5 Å². The molecule has 0 amide bonds. The van der Waals surface area contributed by atoms with Crippen molar-refractivity contribution in [3.8, 4) is 11.1 Å². The molecule has 0 aliphatic rings. The number of pyridine rings is 1. The van der Waals surface area contributed by atoms with Gasteiger partial charge in [-0.15, -0.1) is 0 Å². The van der Waals surface area contributed by atoms with Gasteiger partial charge >= 0.3 is 0 Å². The van der Waals surface area contributed by atoms with E-state index >= 15 is 0 Å². The van der Waals surface area contributed by atoms with Gasteiger partial charge in [0.2, 0.25) is 0 Å². The van der Waals surface area contributed by atoms with Gasteiger partial charge in [0.15, 0.2) is 0 Å². The molecule has 3 rings (SSSR count). The number of aromatic nitrogens is 1. The maximum absolute atomic E-state index is 13.0. The molecule has 0 bridgehead atoms. The first-order valence-electron chi connectivity index (χ1n) is 8.04. The molecule has 24 heavy (non-hydrogen) atoms.